The van der Waals surface area contributed by atoms with Gasteiger partial charge >= 0.3 is 0 Å². The predicted octanol–water partition coefficient (Wildman–Crippen LogP) is 3.06. The molecule has 1 heterocycles. The summed E-state index contributed by atoms with van der Waals surface area (Å²) in [4.78, 5) is 14.2. The molecule has 1 N–H and O–H groups in total. The standard InChI is InChI=1S/C22H21F2N3O3S/c23-18-12-19(24)14-20(13-18)25-15-22(28)26-7-9-27(10-8-26)31(29,30)21-6-5-16-3-1-2-4-17(16)11-21/h1-6,11-14,25H,7-10,15H2. The van der Waals surface area contributed by atoms with Crippen molar-refractivity contribution in [2.24, 2.45) is 0 Å². The Bertz CT molecular complexity index is 1210. The van der Waals surface area contributed by atoms with Crippen LogP contribution in [0.5, 0.6) is 0 Å². The van der Waals surface area contributed by atoms with E-state index in [2.05, 4.69) is 5.32 Å². The molecule has 9 heteroatoms. The van der Waals surface area contributed by atoms with Gasteiger partial charge in [0, 0.05) is 37.9 Å². The zero-order valence-electron chi connectivity index (χ0n) is 16.6. The average Bonchev–Trinajstić information content (AvgIpc) is 2.76. The summed E-state index contributed by atoms with van der Waals surface area (Å²) in [6, 6.07) is 15.5. The Balaban J connectivity index is 1.37. The summed E-state index contributed by atoms with van der Waals surface area (Å²) in [5, 5.41) is 4.51. The van der Waals surface area contributed by atoms with Gasteiger partial charge < -0.3 is 10.2 Å². The van der Waals surface area contributed by atoms with Crippen LogP contribution < -0.4 is 5.32 Å². The molecule has 0 bridgehead atoms. The van der Waals surface area contributed by atoms with E-state index in [-0.39, 0.29) is 49.2 Å². The molecule has 1 amide bonds. The van der Waals surface area contributed by atoms with Crippen LogP contribution in [0.3, 0.4) is 0 Å². The summed E-state index contributed by atoms with van der Waals surface area (Å²) in [5.74, 6) is -1.74. The maximum Gasteiger partial charge on any atom is 0.243 e. The third-order valence-electron chi connectivity index (χ3n) is 5.26. The summed E-state index contributed by atoms with van der Waals surface area (Å²) in [5.41, 5.74) is 0.170. The number of carbonyl (C=O) groups is 1. The highest BCUT2D eigenvalue weighted by Gasteiger charge is 2.30. The number of piperazine rings is 1. The summed E-state index contributed by atoms with van der Waals surface area (Å²) in [6.07, 6.45) is 0. The quantitative estimate of drug-likeness (QED) is 0.656. The predicted molar refractivity (Wildman–Crippen MR) is 114 cm³/mol. The van der Waals surface area contributed by atoms with Crippen LogP contribution in [0.15, 0.2) is 65.6 Å². The molecule has 0 atom stereocenters. The number of rotatable bonds is 5. The maximum absolute atomic E-state index is 13.3. The van der Waals surface area contributed by atoms with Crippen molar-refractivity contribution in [2.45, 2.75) is 4.90 Å². The lowest BCUT2D eigenvalue weighted by Gasteiger charge is -2.34. The number of benzene rings is 3. The van der Waals surface area contributed by atoms with E-state index in [1.165, 1.54) is 9.21 Å². The van der Waals surface area contributed by atoms with E-state index in [0.29, 0.717) is 0 Å². The van der Waals surface area contributed by atoms with Gasteiger partial charge in [0.2, 0.25) is 15.9 Å². The number of amides is 1. The number of carbonyl (C=O) groups excluding carboxylic acids is 1. The van der Waals surface area contributed by atoms with Crippen LogP contribution >= 0.6 is 0 Å². The van der Waals surface area contributed by atoms with Crippen molar-refractivity contribution >= 4 is 32.4 Å². The number of anilines is 1. The number of nitrogens with one attached hydrogen (secondary N) is 1. The van der Waals surface area contributed by atoms with Crippen molar-refractivity contribution in [3.63, 3.8) is 0 Å². The molecule has 3 aromatic carbocycles. The van der Waals surface area contributed by atoms with Crippen LogP contribution in [0.25, 0.3) is 10.8 Å². The highest BCUT2D eigenvalue weighted by Crippen LogP contribution is 2.23. The maximum atomic E-state index is 13.3. The fourth-order valence-corrected chi connectivity index (χ4v) is 5.06. The molecular formula is C22H21F2N3O3S. The van der Waals surface area contributed by atoms with E-state index in [9.17, 15) is 22.0 Å². The topological polar surface area (TPSA) is 69.7 Å². The first kappa shape index (κ1) is 21.2. The first-order valence-corrected chi connectivity index (χ1v) is 11.2. The lowest BCUT2D eigenvalue weighted by Crippen LogP contribution is -2.51. The number of fused-ring (bicyclic) bond motifs is 1. The van der Waals surface area contributed by atoms with E-state index >= 15 is 0 Å². The summed E-state index contributed by atoms with van der Waals surface area (Å²) < 4.78 is 53.9. The highest BCUT2D eigenvalue weighted by molar-refractivity contribution is 7.89. The number of hydrogen-bond donors (Lipinski definition) is 1. The lowest BCUT2D eigenvalue weighted by atomic mass is 10.1. The van der Waals surface area contributed by atoms with Crippen LogP contribution in [0.4, 0.5) is 14.5 Å². The first-order chi connectivity index (χ1) is 14.8. The molecule has 6 nitrogen and oxygen atoms in total. The van der Waals surface area contributed by atoms with Gasteiger partial charge in [-0.05, 0) is 35.0 Å². The largest absolute Gasteiger partial charge is 0.376 e. The lowest BCUT2D eigenvalue weighted by molar-refractivity contribution is -0.130. The minimum atomic E-state index is -3.67. The normalized spacial score (nSPS) is 15.2. The average molecular weight is 445 g/mol. The van der Waals surface area contributed by atoms with Crippen LogP contribution in [0.1, 0.15) is 0 Å². The number of halogens is 2. The second-order valence-electron chi connectivity index (χ2n) is 7.31. The van der Waals surface area contributed by atoms with Gasteiger partial charge in [-0.15, -0.1) is 0 Å². The summed E-state index contributed by atoms with van der Waals surface area (Å²) in [6.45, 7) is 0.695. The van der Waals surface area contributed by atoms with Gasteiger partial charge in [0.05, 0.1) is 11.4 Å². The molecule has 0 radical (unpaired) electrons. The second kappa shape index (κ2) is 8.60. The first-order valence-electron chi connectivity index (χ1n) is 9.80. The van der Waals surface area contributed by atoms with Crippen molar-refractivity contribution < 1.29 is 22.0 Å². The minimum Gasteiger partial charge on any atom is -0.376 e. The zero-order valence-corrected chi connectivity index (χ0v) is 17.4. The molecule has 0 aliphatic carbocycles. The second-order valence-corrected chi connectivity index (χ2v) is 9.24. The van der Waals surface area contributed by atoms with Gasteiger partial charge in [0.25, 0.3) is 0 Å². The number of hydrogen-bond acceptors (Lipinski definition) is 4. The van der Waals surface area contributed by atoms with Crippen molar-refractivity contribution in [1.29, 1.82) is 0 Å². The molecule has 4 rings (SSSR count). The molecule has 0 spiro atoms. The Morgan fingerprint density at radius 2 is 1.52 bits per heavy atom. The Morgan fingerprint density at radius 1 is 0.871 bits per heavy atom. The molecule has 1 saturated heterocycles. The van der Waals surface area contributed by atoms with E-state index in [4.69, 9.17) is 0 Å². The summed E-state index contributed by atoms with van der Waals surface area (Å²) in [7, 11) is -3.67. The fraction of sp³-hybridized carbons (Fsp3) is 0.227. The van der Waals surface area contributed by atoms with E-state index in [0.717, 1.165) is 29.0 Å². The fourth-order valence-electron chi connectivity index (χ4n) is 3.60. The Labute approximate surface area is 179 Å². The molecule has 162 valence electrons. The molecule has 31 heavy (non-hydrogen) atoms. The van der Waals surface area contributed by atoms with E-state index in [1.807, 2.05) is 24.3 Å². The van der Waals surface area contributed by atoms with E-state index < -0.39 is 21.7 Å². The van der Waals surface area contributed by atoms with Crippen molar-refractivity contribution in [1.82, 2.24) is 9.21 Å². The third kappa shape index (κ3) is 4.67. The van der Waals surface area contributed by atoms with Crippen molar-refractivity contribution in [3.05, 3.63) is 72.3 Å². The van der Waals surface area contributed by atoms with Crippen LogP contribution in [-0.4, -0.2) is 56.3 Å². The van der Waals surface area contributed by atoms with Gasteiger partial charge in [-0.3, -0.25) is 4.79 Å². The van der Waals surface area contributed by atoms with Gasteiger partial charge in [-0.25, -0.2) is 17.2 Å². The highest BCUT2D eigenvalue weighted by atomic mass is 32.2. The molecule has 1 aliphatic rings. The molecule has 1 aliphatic heterocycles. The zero-order chi connectivity index (χ0) is 22.0. The minimum absolute atomic E-state index is 0.139. The van der Waals surface area contributed by atoms with Gasteiger partial charge in [0.1, 0.15) is 11.6 Å². The molecule has 0 saturated carbocycles. The third-order valence-corrected chi connectivity index (χ3v) is 7.15. The SMILES string of the molecule is O=C(CNc1cc(F)cc(F)c1)N1CCN(S(=O)(=O)c2ccc3ccccc3c2)CC1. The molecule has 3 aromatic rings. The van der Waals surface area contributed by atoms with Crippen molar-refractivity contribution in [3.8, 4) is 0 Å². The van der Waals surface area contributed by atoms with Crippen LogP contribution in [0.2, 0.25) is 0 Å². The van der Waals surface area contributed by atoms with Gasteiger partial charge in [0.15, 0.2) is 0 Å². The van der Waals surface area contributed by atoms with E-state index in [1.54, 1.807) is 18.2 Å². The summed E-state index contributed by atoms with van der Waals surface area (Å²) >= 11 is 0. The molecule has 0 unspecified atom stereocenters. The Morgan fingerprint density at radius 3 is 2.19 bits per heavy atom. The van der Waals surface area contributed by atoms with Crippen molar-refractivity contribution in [2.75, 3.05) is 38.0 Å². The molecule has 0 aromatic heterocycles. The Kier molecular flexibility index (Phi) is 5.88. The number of sulfonamides is 1. The van der Waals surface area contributed by atoms with Crippen LogP contribution in [0, 0.1) is 11.6 Å². The van der Waals surface area contributed by atoms with Crippen LogP contribution in [-0.2, 0) is 14.8 Å². The smallest absolute Gasteiger partial charge is 0.243 e. The Hall–Kier alpha value is -3.04. The monoisotopic (exact) mass is 445 g/mol. The molecule has 1 fully saturated rings. The number of nitrogens with zero attached hydrogens (tertiary/aromatic N) is 2. The van der Waals surface area contributed by atoms with Gasteiger partial charge in [-0.1, -0.05) is 30.3 Å². The molecular weight excluding hydrogens is 424 g/mol. The van der Waals surface area contributed by atoms with Gasteiger partial charge in [-0.2, -0.15) is 4.31 Å².